The van der Waals surface area contributed by atoms with Crippen LogP contribution in [0.5, 0.6) is 5.75 Å². The number of carbonyl (C=O) groups is 1. The monoisotopic (exact) mass is 407 g/mol. The maximum absolute atomic E-state index is 13.0. The first-order valence-electron chi connectivity index (χ1n) is 6.56. The van der Waals surface area contributed by atoms with Gasteiger partial charge in [-0.3, -0.25) is 9.10 Å². The van der Waals surface area contributed by atoms with Crippen molar-refractivity contribution in [1.29, 1.82) is 0 Å². The van der Waals surface area contributed by atoms with Gasteiger partial charge in [-0.1, -0.05) is 35.3 Å². The summed E-state index contributed by atoms with van der Waals surface area (Å²) in [6.45, 7) is -0.565. The van der Waals surface area contributed by atoms with Crippen LogP contribution in [0.3, 0.4) is 0 Å². The number of para-hydroxylation sites is 2. The van der Waals surface area contributed by atoms with Gasteiger partial charge in [0.2, 0.25) is 5.24 Å². The number of sulfonamides is 1. The SMILES string of the molecule is COc1ccccc1N(CC(=O)Cl)S(=O)(=O)c1ccc(Cl)c(Cl)c1. The summed E-state index contributed by atoms with van der Waals surface area (Å²) < 4.78 is 32.0. The van der Waals surface area contributed by atoms with Crippen LogP contribution in [0, 0.1) is 0 Å². The summed E-state index contributed by atoms with van der Waals surface area (Å²) in [6.07, 6.45) is 0. The van der Waals surface area contributed by atoms with E-state index in [2.05, 4.69) is 0 Å². The van der Waals surface area contributed by atoms with Crippen LogP contribution in [0.15, 0.2) is 47.4 Å². The van der Waals surface area contributed by atoms with E-state index in [1.54, 1.807) is 18.2 Å². The normalized spacial score (nSPS) is 11.2. The zero-order valence-corrected chi connectivity index (χ0v) is 15.5. The van der Waals surface area contributed by atoms with Gasteiger partial charge in [0.05, 0.1) is 27.7 Å². The Morgan fingerprint density at radius 1 is 1.12 bits per heavy atom. The molecule has 0 heterocycles. The molecule has 2 rings (SSSR count). The third-order valence-electron chi connectivity index (χ3n) is 3.10. The molecule has 0 amide bonds. The van der Waals surface area contributed by atoms with Gasteiger partial charge in [0.15, 0.2) is 0 Å². The summed E-state index contributed by atoms with van der Waals surface area (Å²) in [5.74, 6) is 0.277. The zero-order valence-electron chi connectivity index (χ0n) is 12.4. The van der Waals surface area contributed by atoms with Crippen molar-refractivity contribution in [3.63, 3.8) is 0 Å². The van der Waals surface area contributed by atoms with Crippen LogP contribution >= 0.6 is 34.8 Å². The predicted octanol–water partition coefficient (Wildman–Crippen LogP) is 3.96. The van der Waals surface area contributed by atoms with Gasteiger partial charge in [0, 0.05) is 0 Å². The average molecular weight is 409 g/mol. The van der Waals surface area contributed by atoms with E-state index in [-0.39, 0.29) is 26.4 Å². The molecule has 0 aliphatic carbocycles. The zero-order chi connectivity index (χ0) is 17.9. The molecule has 0 bridgehead atoms. The molecule has 0 aromatic heterocycles. The fourth-order valence-electron chi connectivity index (χ4n) is 2.01. The van der Waals surface area contributed by atoms with E-state index < -0.39 is 21.8 Å². The van der Waals surface area contributed by atoms with Gasteiger partial charge in [0.25, 0.3) is 10.0 Å². The van der Waals surface area contributed by atoms with E-state index in [4.69, 9.17) is 39.5 Å². The van der Waals surface area contributed by atoms with Crippen molar-refractivity contribution in [2.75, 3.05) is 18.0 Å². The molecule has 9 heteroatoms. The second-order valence-electron chi connectivity index (χ2n) is 4.61. The number of benzene rings is 2. The maximum Gasteiger partial charge on any atom is 0.264 e. The third-order valence-corrected chi connectivity index (χ3v) is 5.72. The highest BCUT2D eigenvalue weighted by atomic mass is 35.5. The molecule has 0 spiro atoms. The van der Waals surface area contributed by atoms with Crippen molar-refractivity contribution in [1.82, 2.24) is 0 Å². The van der Waals surface area contributed by atoms with Gasteiger partial charge in [-0.25, -0.2) is 8.42 Å². The summed E-state index contributed by atoms with van der Waals surface area (Å²) in [5.41, 5.74) is 0.181. The molecule has 5 nitrogen and oxygen atoms in total. The fraction of sp³-hybridized carbons (Fsp3) is 0.133. The molecule has 0 saturated heterocycles. The van der Waals surface area contributed by atoms with E-state index in [1.165, 1.54) is 31.4 Å². The van der Waals surface area contributed by atoms with Crippen molar-refractivity contribution in [3.05, 3.63) is 52.5 Å². The molecule has 24 heavy (non-hydrogen) atoms. The molecule has 0 aliphatic heterocycles. The Bertz CT molecular complexity index is 871. The van der Waals surface area contributed by atoms with Gasteiger partial charge >= 0.3 is 0 Å². The Labute approximate surface area is 154 Å². The van der Waals surface area contributed by atoms with E-state index in [0.29, 0.717) is 0 Å². The highest BCUT2D eigenvalue weighted by Crippen LogP contribution is 2.33. The second-order valence-corrected chi connectivity index (χ2v) is 7.71. The molecular formula is C15H12Cl3NO4S. The summed E-state index contributed by atoms with van der Waals surface area (Å²) in [4.78, 5) is 11.3. The van der Waals surface area contributed by atoms with Crippen LogP contribution in [0.2, 0.25) is 10.0 Å². The van der Waals surface area contributed by atoms with Gasteiger partial charge in [-0.15, -0.1) is 0 Å². The van der Waals surface area contributed by atoms with E-state index in [1.807, 2.05) is 0 Å². The molecule has 0 unspecified atom stereocenters. The highest BCUT2D eigenvalue weighted by Gasteiger charge is 2.29. The predicted molar refractivity (Wildman–Crippen MR) is 94.8 cm³/mol. The molecule has 0 N–H and O–H groups in total. The van der Waals surface area contributed by atoms with Crippen molar-refractivity contribution in [3.8, 4) is 5.75 Å². The van der Waals surface area contributed by atoms with Crippen molar-refractivity contribution in [2.24, 2.45) is 0 Å². The first kappa shape index (κ1) is 18.9. The lowest BCUT2D eigenvalue weighted by molar-refractivity contribution is -0.110. The Kier molecular flexibility index (Phi) is 5.98. The van der Waals surface area contributed by atoms with E-state index >= 15 is 0 Å². The Hall–Kier alpha value is -1.47. The van der Waals surface area contributed by atoms with Gasteiger partial charge in [-0.2, -0.15) is 0 Å². The second kappa shape index (κ2) is 7.61. The van der Waals surface area contributed by atoms with Gasteiger partial charge in [-0.05, 0) is 41.9 Å². The van der Waals surface area contributed by atoms with Crippen LogP contribution < -0.4 is 9.04 Å². The molecule has 0 fully saturated rings. The first-order valence-corrected chi connectivity index (χ1v) is 9.14. The number of carbonyl (C=O) groups excluding carboxylic acids is 1. The number of methoxy groups -OCH3 is 1. The summed E-state index contributed by atoms with van der Waals surface area (Å²) >= 11 is 17.2. The standard InChI is InChI=1S/C15H12Cl3NO4S/c1-23-14-5-3-2-4-13(14)19(9-15(18)20)24(21,22)10-6-7-11(16)12(17)8-10/h2-8H,9H2,1H3. The lowest BCUT2D eigenvalue weighted by Gasteiger charge is -2.24. The number of rotatable bonds is 6. The summed E-state index contributed by atoms with van der Waals surface area (Å²) in [7, 11) is -2.72. The molecule has 0 radical (unpaired) electrons. The number of anilines is 1. The van der Waals surface area contributed by atoms with Crippen LogP contribution in [0.25, 0.3) is 0 Å². The van der Waals surface area contributed by atoms with Crippen LogP contribution in [0.1, 0.15) is 0 Å². The summed E-state index contributed by atoms with van der Waals surface area (Å²) in [5, 5.41) is -0.549. The minimum atomic E-state index is -4.12. The minimum absolute atomic E-state index is 0.0786. The lowest BCUT2D eigenvalue weighted by Crippen LogP contribution is -2.34. The van der Waals surface area contributed by atoms with E-state index in [0.717, 1.165) is 4.31 Å². The summed E-state index contributed by atoms with van der Waals surface area (Å²) in [6, 6.07) is 10.2. The number of nitrogens with zero attached hydrogens (tertiary/aromatic N) is 1. The fourth-order valence-corrected chi connectivity index (χ4v) is 4.02. The number of halogens is 3. The minimum Gasteiger partial charge on any atom is -0.495 e. The van der Waals surface area contributed by atoms with Crippen molar-refractivity contribution >= 4 is 55.8 Å². The molecule has 128 valence electrons. The number of ether oxygens (including phenoxy) is 1. The highest BCUT2D eigenvalue weighted by molar-refractivity contribution is 7.92. The van der Waals surface area contributed by atoms with Crippen molar-refractivity contribution < 1.29 is 17.9 Å². The van der Waals surface area contributed by atoms with Crippen LogP contribution in [0.4, 0.5) is 5.69 Å². The topological polar surface area (TPSA) is 63.7 Å². The number of hydrogen-bond donors (Lipinski definition) is 0. The maximum atomic E-state index is 13.0. The van der Waals surface area contributed by atoms with E-state index in [9.17, 15) is 13.2 Å². The van der Waals surface area contributed by atoms with Crippen LogP contribution in [-0.4, -0.2) is 27.3 Å². The quantitative estimate of drug-likeness (QED) is 0.679. The van der Waals surface area contributed by atoms with Gasteiger partial charge < -0.3 is 4.74 Å². The van der Waals surface area contributed by atoms with Gasteiger partial charge in [0.1, 0.15) is 12.3 Å². The lowest BCUT2D eigenvalue weighted by atomic mass is 10.3. The van der Waals surface area contributed by atoms with Crippen molar-refractivity contribution in [2.45, 2.75) is 4.90 Å². The first-order chi connectivity index (χ1) is 11.3. The molecular weight excluding hydrogens is 397 g/mol. The van der Waals surface area contributed by atoms with Crippen LogP contribution in [-0.2, 0) is 14.8 Å². The average Bonchev–Trinajstić information content (AvgIpc) is 2.54. The number of hydrogen-bond acceptors (Lipinski definition) is 4. The third kappa shape index (κ3) is 3.95. The molecule has 0 atom stereocenters. The Morgan fingerprint density at radius 3 is 2.38 bits per heavy atom. The molecule has 2 aromatic carbocycles. The Morgan fingerprint density at radius 2 is 1.79 bits per heavy atom. The molecule has 0 aliphatic rings. The smallest absolute Gasteiger partial charge is 0.264 e. The Balaban J connectivity index is 2.62. The molecule has 0 saturated carbocycles. The largest absolute Gasteiger partial charge is 0.495 e. The molecule has 2 aromatic rings.